The van der Waals surface area contributed by atoms with Gasteiger partial charge in [-0.25, -0.2) is 4.79 Å². The topological polar surface area (TPSA) is 77.3 Å². The van der Waals surface area contributed by atoms with Gasteiger partial charge < -0.3 is 9.64 Å². The fourth-order valence-corrected chi connectivity index (χ4v) is 2.31. The lowest BCUT2D eigenvalue weighted by atomic mass is 10.00. The Morgan fingerprint density at radius 1 is 1.43 bits per heavy atom. The second-order valence-corrected chi connectivity index (χ2v) is 6.44. The first-order valence-corrected chi connectivity index (χ1v) is 7.10. The highest BCUT2D eigenvalue weighted by molar-refractivity contribution is 5.84. The van der Waals surface area contributed by atoms with Crippen molar-refractivity contribution in [3.8, 4) is 0 Å². The van der Waals surface area contributed by atoms with Crippen molar-refractivity contribution in [1.29, 1.82) is 0 Å². The number of carbonyl (C=O) groups excluding carboxylic acids is 2. The zero-order valence-electron chi connectivity index (χ0n) is 13.0. The van der Waals surface area contributed by atoms with Gasteiger partial charge in [-0.05, 0) is 27.2 Å². The van der Waals surface area contributed by atoms with E-state index in [-0.39, 0.29) is 24.2 Å². The fourth-order valence-electron chi connectivity index (χ4n) is 2.31. The molecule has 1 fully saturated rings. The lowest BCUT2D eigenvalue weighted by Gasteiger charge is -2.24. The van der Waals surface area contributed by atoms with E-state index in [1.54, 1.807) is 22.8 Å². The van der Waals surface area contributed by atoms with Gasteiger partial charge in [-0.3, -0.25) is 9.48 Å². The number of hydrogen-bond donors (Lipinski definition) is 0. The van der Waals surface area contributed by atoms with Gasteiger partial charge in [0.15, 0.2) is 0 Å². The monoisotopic (exact) mass is 294 g/mol. The molecule has 0 saturated carbocycles. The van der Waals surface area contributed by atoms with E-state index in [4.69, 9.17) is 4.74 Å². The van der Waals surface area contributed by atoms with E-state index in [0.717, 1.165) is 0 Å². The van der Waals surface area contributed by atoms with Gasteiger partial charge in [-0.15, -0.1) is 5.10 Å². The summed E-state index contributed by atoms with van der Waals surface area (Å²) in [5.74, 6) is -0.0407. The summed E-state index contributed by atoms with van der Waals surface area (Å²) in [6.07, 6.45) is 2.33. The van der Waals surface area contributed by atoms with Gasteiger partial charge in [0, 0.05) is 32.3 Å². The molecule has 0 N–H and O–H groups in total. The number of carbonyl (C=O) groups is 2. The maximum absolute atomic E-state index is 12.2. The Bertz CT molecular complexity index is 533. The molecule has 1 unspecified atom stereocenters. The first-order chi connectivity index (χ1) is 9.74. The van der Waals surface area contributed by atoms with Crippen LogP contribution in [0, 0.1) is 5.92 Å². The highest BCUT2D eigenvalue weighted by atomic mass is 16.6. The number of ether oxygens (including phenoxy) is 1. The number of amides is 1. The smallest absolute Gasteiger partial charge is 0.410 e. The van der Waals surface area contributed by atoms with Gasteiger partial charge in [-0.1, -0.05) is 5.21 Å². The molecule has 7 heteroatoms. The number of aromatic nitrogens is 3. The van der Waals surface area contributed by atoms with Crippen molar-refractivity contribution in [1.82, 2.24) is 19.9 Å². The molecule has 1 aliphatic heterocycles. The predicted octanol–water partition coefficient (Wildman–Crippen LogP) is 1.18. The summed E-state index contributed by atoms with van der Waals surface area (Å²) < 4.78 is 6.89. The quantitative estimate of drug-likeness (QED) is 0.836. The molecule has 116 valence electrons. The van der Waals surface area contributed by atoms with Crippen LogP contribution in [0.25, 0.3) is 0 Å². The second kappa shape index (κ2) is 5.83. The number of hydrogen-bond acceptors (Lipinski definition) is 5. The Balaban J connectivity index is 1.87. The molecule has 1 saturated heterocycles. The van der Waals surface area contributed by atoms with E-state index >= 15 is 0 Å². The zero-order chi connectivity index (χ0) is 15.6. The molecule has 21 heavy (non-hydrogen) atoms. The van der Waals surface area contributed by atoms with Crippen LogP contribution in [-0.4, -0.2) is 50.5 Å². The summed E-state index contributed by atoms with van der Waals surface area (Å²) in [5.41, 5.74) is 0.150. The number of rotatable bonds is 3. The van der Waals surface area contributed by atoms with Crippen molar-refractivity contribution in [2.75, 3.05) is 13.1 Å². The van der Waals surface area contributed by atoms with Crippen LogP contribution < -0.4 is 0 Å². The van der Waals surface area contributed by atoms with Crippen LogP contribution in [-0.2, 0) is 23.0 Å². The number of likely N-dealkylation sites (tertiary alicyclic amines) is 1. The minimum Gasteiger partial charge on any atom is -0.444 e. The first-order valence-electron chi connectivity index (χ1n) is 7.10. The molecule has 0 spiro atoms. The van der Waals surface area contributed by atoms with Gasteiger partial charge in [0.05, 0.1) is 12.1 Å². The van der Waals surface area contributed by atoms with Gasteiger partial charge in [-0.2, -0.15) is 0 Å². The lowest BCUT2D eigenvalue weighted by Crippen LogP contribution is -2.36. The predicted molar refractivity (Wildman–Crippen MR) is 75.6 cm³/mol. The van der Waals surface area contributed by atoms with Crippen LogP contribution in [0.5, 0.6) is 0 Å². The van der Waals surface area contributed by atoms with Gasteiger partial charge >= 0.3 is 6.09 Å². The first kappa shape index (κ1) is 15.5. The number of nitrogens with zero attached hydrogens (tertiary/aromatic N) is 4. The van der Waals surface area contributed by atoms with E-state index in [2.05, 4.69) is 10.3 Å². The highest BCUT2D eigenvalue weighted by Crippen LogP contribution is 2.21. The van der Waals surface area contributed by atoms with E-state index in [1.165, 1.54) is 0 Å². The van der Waals surface area contributed by atoms with Crippen molar-refractivity contribution in [3.63, 3.8) is 0 Å². The van der Waals surface area contributed by atoms with Crippen LogP contribution in [0.2, 0.25) is 0 Å². The molecule has 2 heterocycles. The van der Waals surface area contributed by atoms with Crippen molar-refractivity contribution in [2.24, 2.45) is 13.0 Å². The van der Waals surface area contributed by atoms with Crippen LogP contribution in [0.3, 0.4) is 0 Å². The van der Waals surface area contributed by atoms with Crippen LogP contribution >= 0.6 is 0 Å². The molecule has 1 aliphatic rings. The summed E-state index contributed by atoms with van der Waals surface area (Å²) in [7, 11) is 1.76. The summed E-state index contributed by atoms with van der Waals surface area (Å²) in [6.45, 7) is 6.48. The highest BCUT2D eigenvalue weighted by Gasteiger charge is 2.33. The summed E-state index contributed by atoms with van der Waals surface area (Å²) >= 11 is 0. The van der Waals surface area contributed by atoms with E-state index in [1.807, 2.05) is 20.8 Å². The minimum absolute atomic E-state index is 0.0987. The average molecular weight is 294 g/mol. The lowest BCUT2D eigenvalue weighted by molar-refractivity contribution is -0.121. The number of aryl methyl sites for hydroxylation is 1. The van der Waals surface area contributed by atoms with Crippen molar-refractivity contribution in [3.05, 3.63) is 11.9 Å². The van der Waals surface area contributed by atoms with Crippen LogP contribution in [0.4, 0.5) is 4.79 Å². The zero-order valence-corrected chi connectivity index (χ0v) is 13.0. The molecule has 2 rings (SSSR count). The van der Waals surface area contributed by atoms with Crippen LogP contribution in [0.15, 0.2) is 6.20 Å². The average Bonchev–Trinajstić information content (AvgIpc) is 2.96. The molecular formula is C14H22N4O3. The molecule has 0 aliphatic carbocycles. The molecule has 1 aromatic rings. The molecule has 0 aromatic carbocycles. The number of ketones is 1. The summed E-state index contributed by atoms with van der Waals surface area (Å²) in [5, 5.41) is 7.73. The SMILES string of the molecule is Cn1cc(CC(=O)C2CCN(C(=O)OC(C)(C)C)C2)nn1. The Morgan fingerprint density at radius 2 is 2.14 bits per heavy atom. The Morgan fingerprint density at radius 3 is 2.71 bits per heavy atom. The third-order valence-electron chi connectivity index (χ3n) is 3.30. The van der Waals surface area contributed by atoms with Gasteiger partial charge in [0.25, 0.3) is 0 Å². The normalized spacial score (nSPS) is 18.9. The largest absolute Gasteiger partial charge is 0.444 e. The van der Waals surface area contributed by atoms with Gasteiger partial charge in [0.2, 0.25) is 0 Å². The molecule has 1 amide bonds. The molecule has 0 bridgehead atoms. The molecule has 7 nitrogen and oxygen atoms in total. The molecule has 1 aromatic heterocycles. The maximum atomic E-state index is 12.2. The maximum Gasteiger partial charge on any atom is 0.410 e. The molecular weight excluding hydrogens is 272 g/mol. The molecule has 0 radical (unpaired) electrons. The van der Waals surface area contributed by atoms with E-state index in [0.29, 0.717) is 25.2 Å². The van der Waals surface area contributed by atoms with Gasteiger partial charge in [0.1, 0.15) is 11.4 Å². The number of Topliss-reactive ketones (excluding diaryl/α,β-unsaturated/α-hetero) is 1. The minimum atomic E-state index is -0.515. The van der Waals surface area contributed by atoms with Crippen molar-refractivity contribution >= 4 is 11.9 Å². The third kappa shape index (κ3) is 4.27. The molecule has 1 atom stereocenters. The van der Waals surface area contributed by atoms with Crippen molar-refractivity contribution < 1.29 is 14.3 Å². The van der Waals surface area contributed by atoms with Crippen LogP contribution in [0.1, 0.15) is 32.9 Å². The Hall–Kier alpha value is -1.92. The fraction of sp³-hybridized carbons (Fsp3) is 0.714. The summed E-state index contributed by atoms with van der Waals surface area (Å²) in [4.78, 5) is 25.8. The Kier molecular flexibility index (Phi) is 4.29. The second-order valence-electron chi connectivity index (χ2n) is 6.44. The van der Waals surface area contributed by atoms with Crippen molar-refractivity contribution in [2.45, 2.75) is 39.2 Å². The third-order valence-corrected chi connectivity index (χ3v) is 3.30. The van der Waals surface area contributed by atoms with E-state index < -0.39 is 5.60 Å². The van der Waals surface area contributed by atoms with E-state index in [9.17, 15) is 9.59 Å². The standard InChI is InChI=1S/C14H22N4O3/c1-14(2,3)21-13(20)18-6-5-10(8-18)12(19)7-11-9-17(4)16-15-11/h9-10H,5-8H2,1-4H3. The Labute approximate surface area is 124 Å². The summed E-state index contributed by atoms with van der Waals surface area (Å²) in [6, 6.07) is 0.